The number of nitrogens with one attached hydrogen (secondary N) is 1. The number of ether oxygens (including phenoxy) is 1. The Kier molecular flexibility index (Phi) is 4.51. The quantitative estimate of drug-likeness (QED) is 0.859. The van der Waals surface area contributed by atoms with Crippen LogP contribution >= 0.6 is 0 Å². The summed E-state index contributed by atoms with van der Waals surface area (Å²) in [4.78, 5) is 24.3. The van der Waals surface area contributed by atoms with Crippen LogP contribution in [0.2, 0.25) is 0 Å². The van der Waals surface area contributed by atoms with Crippen LogP contribution in [0.25, 0.3) is 5.57 Å². The Morgan fingerprint density at radius 3 is 2.80 bits per heavy atom. The van der Waals surface area contributed by atoms with Gasteiger partial charge < -0.3 is 10.1 Å². The monoisotopic (exact) mass is 368 g/mol. The lowest BCUT2D eigenvalue weighted by atomic mass is 10.1. The summed E-state index contributed by atoms with van der Waals surface area (Å²) in [5.74, 6) is -1.14. The molecule has 1 N–H and O–H groups in total. The van der Waals surface area contributed by atoms with E-state index in [4.69, 9.17) is 4.74 Å². The molecule has 2 aliphatic heterocycles. The Hall–Kier alpha value is -2.42. The lowest BCUT2D eigenvalue weighted by molar-refractivity contribution is -0.119. The van der Waals surface area contributed by atoms with E-state index in [1.54, 1.807) is 0 Å². The highest BCUT2D eigenvalue weighted by Crippen LogP contribution is 2.30. The molecule has 7 nitrogen and oxygen atoms in total. The van der Waals surface area contributed by atoms with Crippen molar-refractivity contribution < 1.29 is 27.1 Å². The third kappa shape index (κ3) is 3.65. The number of rotatable bonds is 4. The number of carbonyl (C=O) groups is 2. The molecule has 0 spiro atoms. The number of amides is 2. The van der Waals surface area contributed by atoms with Crippen molar-refractivity contribution in [3.63, 3.8) is 0 Å². The highest BCUT2D eigenvalue weighted by molar-refractivity contribution is 7.92. The van der Waals surface area contributed by atoms with Crippen LogP contribution in [0.3, 0.4) is 0 Å². The summed E-state index contributed by atoms with van der Waals surface area (Å²) >= 11 is 0. The second-order valence-electron chi connectivity index (χ2n) is 5.99. The molecule has 9 heteroatoms. The Bertz CT molecular complexity index is 865. The van der Waals surface area contributed by atoms with Crippen LogP contribution < -0.4 is 10.2 Å². The Labute approximate surface area is 144 Å². The first kappa shape index (κ1) is 17.4. The Balaban J connectivity index is 1.84. The van der Waals surface area contributed by atoms with E-state index in [1.165, 1.54) is 36.1 Å². The van der Waals surface area contributed by atoms with E-state index < -0.39 is 27.8 Å². The molecule has 2 aliphatic rings. The molecule has 1 fully saturated rings. The first-order valence-electron chi connectivity index (χ1n) is 7.66. The summed E-state index contributed by atoms with van der Waals surface area (Å²) in [5.41, 5.74) is 0.916. The van der Waals surface area contributed by atoms with Crippen molar-refractivity contribution in [3.05, 3.63) is 35.7 Å². The fourth-order valence-corrected chi connectivity index (χ4v) is 4.19. The minimum atomic E-state index is -3.20. The van der Waals surface area contributed by atoms with Crippen molar-refractivity contribution in [2.24, 2.45) is 0 Å². The van der Waals surface area contributed by atoms with Gasteiger partial charge in [-0.25, -0.2) is 17.6 Å². The van der Waals surface area contributed by atoms with Crippen LogP contribution in [-0.2, 0) is 19.4 Å². The van der Waals surface area contributed by atoms with Gasteiger partial charge in [0.2, 0.25) is 5.91 Å². The standard InChI is InChI=1S/C16H17FN2O5S/c1-10(20)18-7-13-8-24-16(21)19(13)12-2-3-14(15(17)6-12)11-4-5-25(22,23)9-11/h2-4,6,13H,5,7-9H2,1H3,(H,18,20). The normalized spacial score (nSPS) is 21.8. The molecule has 25 heavy (non-hydrogen) atoms. The van der Waals surface area contributed by atoms with E-state index in [0.29, 0.717) is 11.3 Å². The van der Waals surface area contributed by atoms with Crippen LogP contribution in [0.4, 0.5) is 14.9 Å². The van der Waals surface area contributed by atoms with Crippen molar-refractivity contribution in [2.75, 3.05) is 29.6 Å². The van der Waals surface area contributed by atoms with Crippen molar-refractivity contribution in [1.29, 1.82) is 0 Å². The molecular formula is C16H17FN2O5S. The predicted molar refractivity (Wildman–Crippen MR) is 89.3 cm³/mol. The molecule has 1 aromatic rings. The molecule has 0 radical (unpaired) electrons. The Morgan fingerprint density at radius 2 is 2.20 bits per heavy atom. The number of cyclic esters (lactones) is 1. The summed E-state index contributed by atoms with van der Waals surface area (Å²) < 4.78 is 42.5. The smallest absolute Gasteiger partial charge is 0.414 e. The predicted octanol–water partition coefficient (Wildman–Crippen LogP) is 1.10. The van der Waals surface area contributed by atoms with Gasteiger partial charge in [-0.3, -0.25) is 9.69 Å². The molecule has 134 valence electrons. The Morgan fingerprint density at radius 1 is 1.44 bits per heavy atom. The number of nitrogens with zero attached hydrogens (tertiary/aromatic N) is 1. The van der Waals surface area contributed by atoms with E-state index in [0.717, 1.165) is 0 Å². The van der Waals surface area contributed by atoms with Gasteiger partial charge in [-0.15, -0.1) is 0 Å². The number of hydrogen-bond donors (Lipinski definition) is 1. The van der Waals surface area contributed by atoms with Gasteiger partial charge in [0.15, 0.2) is 9.84 Å². The largest absolute Gasteiger partial charge is 0.447 e. The van der Waals surface area contributed by atoms with E-state index >= 15 is 0 Å². The maximum atomic E-state index is 14.5. The first-order valence-corrected chi connectivity index (χ1v) is 9.49. The molecule has 2 heterocycles. The number of carbonyl (C=O) groups excluding carboxylic acids is 2. The zero-order valence-corrected chi connectivity index (χ0v) is 14.3. The molecular weight excluding hydrogens is 351 g/mol. The number of halogens is 1. The molecule has 0 bridgehead atoms. The first-order chi connectivity index (χ1) is 11.8. The van der Waals surface area contributed by atoms with Crippen molar-refractivity contribution in [3.8, 4) is 0 Å². The van der Waals surface area contributed by atoms with Crippen LogP contribution in [0.1, 0.15) is 12.5 Å². The number of anilines is 1. The second kappa shape index (κ2) is 6.47. The maximum absolute atomic E-state index is 14.5. The van der Waals surface area contributed by atoms with Crippen molar-refractivity contribution in [2.45, 2.75) is 13.0 Å². The number of sulfone groups is 1. The minimum absolute atomic E-state index is 0.0892. The van der Waals surface area contributed by atoms with Gasteiger partial charge in [0.1, 0.15) is 12.4 Å². The molecule has 0 aliphatic carbocycles. The maximum Gasteiger partial charge on any atom is 0.414 e. The van der Waals surface area contributed by atoms with Gasteiger partial charge in [-0.05, 0) is 23.8 Å². The zero-order chi connectivity index (χ0) is 18.2. The highest BCUT2D eigenvalue weighted by Gasteiger charge is 2.35. The third-order valence-corrected chi connectivity index (χ3v) is 5.51. The molecule has 1 saturated heterocycles. The average Bonchev–Trinajstić information content (AvgIpc) is 3.07. The lowest BCUT2D eigenvalue weighted by Crippen LogP contribution is -2.42. The average molecular weight is 368 g/mol. The van der Waals surface area contributed by atoms with E-state index in [9.17, 15) is 22.4 Å². The fraction of sp³-hybridized carbons (Fsp3) is 0.375. The van der Waals surface area contributed by atoms with E-state index in [1.807, 2.05) is 0 Å². The number of benzene rings is 1. The molecule has 0 aromatic heterocycles. The van der Waals surface area contributed by atoms with Crippen molar-refractivity contribution in [1.82, 2.24) is 5.32 Å². The molecule has 2 amide bonds. The van der Waals surface area contributed by atoms with Gasteiger partial charge >= 0.3 is 6.09 Å². The van der Waals surface area contributed by atoms with E-state index in [2.05, 4.69) is 5.32 Å². The molecule has 3 rings (SSSR count). The molecule has 1 atom stereocenters. The molecule has 1 aromatic carbocycles. The van der Waals surface area contributed by atoms with Gasteiger partial charge in [-0.1, -0.05) is 6.08 Å². The van der Waals surface area contributed by atoms with Crippen LogP contribution in [0.15, 0.2) is 24.3 Å². The minimum Gasteiger partial charge on any atom is -0.447 e. The summed E-state index contributed by atoms with van der Waals surface area (Å²) in [6, 6.07) is 3.73. The van der Waals surface area contributed by atoms with Crippen molar-refractivity contribution >= 4 is 33.1 Å². The molecule has 1 unspecified atom stereocenters. The summed E-state index contributed by atoms with van der Waals surface area (Å²) in [6.07, 6.45) is 0.877. The second-order valence-corrected chi connectivity index (χ2v) is 8.10. The summed E-state index contributed by atoms with van der Waals surface area (Å²) in [5, 5.41) is 2.61. The topological polar surface area (TPSA) is 92.8 Å². The van der Waals surface area contributed by atoms with Gasteiger partial charge in [0.25, 0.3) is 0 Å². The summed E-state index contributed by atoms with van der Waals surface area (Å²) in [6.45, 7) is 1.64. The highest BCUT2D eigenvalue weighted by atomic mass is 32.2. The SMILES string of the molecule is CC(=O)NCC1COC(=O)N1c1ccc(C2=CCS(=O)(=O)C2)c(F)c1. The van der Waals surface area contributed by atoms with Crippen LogP contribution in [0, 0.1) is 5.82 Å². The van der Waals surface area contributed by atoms with Gasteiger partial charge in [-0.2, -0.15) is 0 Å². The van der Waals surface area contributed by atoms with Gasteiger partial charge in [0.05, 0.1) is 23.2 Å². The van der Waals surface area contributed by atoms with Gasteiger partial charge in [0, 0.05) is 19.0 Å². The van der Waals surface area contributed by atoms with Crippen LogP contribution in [0.5, 0.6) is 0 Å². The summed E-state index contributed by atoms with van der Waals surface area (Å²) in [7, 11) is -3.20. The number of hydrogen-bond acceptors (Lipinski definition) is 5. The fourth-order valence-electron chi connectivity index (χ4n) is 2.87. The van der Waals surface area contributed by atoms with E-state index in [-0.39, 0.29) is 36.1 Å². The third-order valence-electron chi connectivity index (χ3n) is 4.08. The lowest BCUT2D eigenvalue weighted by Gasteiger charge is -2.22. The zero-order valence-electron chi connectivity index (χ0n) is 13.5. The molecule has 0 saturated carbocycles. The van der Waals surface area contributed by atoms with Crippen LogP contribution in [-0.4, -0.2) is 51.1 Å².